The number of ketones is 1. The Bertz CT molecular complexity index is 626. The summed E-state index contributed by atoms with van der Waals surface area (Å²) in [7, 11) is 0. The molecule has 1 aliphatic carbocycles. The monoisotopic (exact) mass is 268 g/mol. The third kappa shape index (κ3) is 2.53. The molecule has 2 aromatic heterocycles. The van der Waals surface area contributed by atoms with Gasteiger partial charge in [0.05, 0.1) is 0 Å². The van der Waals surface area contributed by atoms with Crippen molar-refractivity contribution in [3.8, 4) is 0 Å². The van der Waals surface area contributed by atoms with Crippen LogP contribution in [-0.4, -0.2) is 15.3 Å². The molecule has 3 nitrogen and oxygen atoms in total. The summed E-state index contributed by atoms with van der Waals surface area (Å²) in [4.78, 5) is 16.3. The van der Waals surface area contributed by atoms with E-state index >= 15 is 0 Å². The number of fused-ring (bicyclic) bond motifs is 1. The van der Waals surface area contributed by atoms with Crippen molar-refractivity contribution in [2.24, 2.45) is 5.41 Å². The van der Waals surface area contributed by atoms with Crippen LogP contribution < -0.4 is 0 Å². The molecule has 0 atom stereocenters. The molecule has 3 rings (SSSR count). The molecule has 0 spiro atoms. The molecule has 0 amide bonds. The Hall–Kier alpha value is -1.90. The lowest BCUT2D eigenvalue weighted by Gasteiger charge is -2.29. The summed E-state index contributed by atoms with van der Waals surface area (Å²) in [5.74, 6) is 0.288. The van der Waals surface area contributed by atoms with E-state index in [4.69, 9.17) is 0 Å². The molecule has 2 aromatic rings. The largest absolute Gasteiger partial charge is 0.350 e. The second-order valence-corrected chi connectivity index (χ2v) is 6.42. The van der Waals surface area contributed by atoms with Gasteiger partial charge in [0.25, 0.3) is 0 Å². The first kappa shape index (κ1) is 13.1. The fourth-order valence-electron chi connectivity index (χ4n) is 3.01. The van der Waals surface area contributed by atoms with Crippen molar-refractivity contribution in [1.82, 2.24) is 9.55 Å². The normalized spacial score (nSPS) is 17.0. The number of pyridine rings is 1. The molecule has 0 unspecified atom stereocenters. The lowest BCUT2D eigenvalue weighted by atomic mass is 9.76. The highest BCUT2D eigenvalue weighted by Gasteiger charge is 2.32. The van der Waals surface area contributed by atoms with Crippen LogP contribution in [0.25, 0.3) is 0 Å². The van der Waals surface area contributed by atoms with E-state index in [-0.39, 0.29) is 11.2 Å². The van der Waals surface area contributed by atoms with Crippen molar-refractivity contribution in [3.05, 3.63) is 53.6 Å². The minimum absolute atomic E-state index is 0.0779. The van der Waals surface area contributed by atoms with Crippen LogP contribution in [0.2, 0.25) is 0 Å². The van der Waals surface area contributed by atoms with Crippen LogP contribution in [0.4, 0.5) is 0 Å². The number of nitrogens with zero attached hydrogens (tertiary/aromatic N) is 2. The Balaban J connectivity index is 1.81. The highest BCUT2D eigenvalue weighted by atomic mass is 16.1. The number of aromatic nitrogens is 2. The van der Waals surface area contributed by atoms with Crippen LogP contribution in [0.3, 0.4) is 0 Å². The van der Waals surface area contributed by atoms with Gasteiger partial charge < -0.3 is 4.57 Å². The Morgan fingerprint density at radius 1 is 1.30 bits per heavy atom. The van der Waals surface area contributed by atoms with Crippen molar-refractivity contribution < 1.29 is 4.79 Å². The van der Waals surface area contributed by atoms with E-state index in [2.05, 4.69) is 35.7 Å². The van der Waals surface area contributed by atoms with Gasteiger partial charge in [-0.3, -0.25) is 9.78 Å². The van der Waals surface area contributed by atoms with E-state index in [1.54, 1.807) is 6.20 Å². The average Bonchev–Trinajstić information content (AvgIpc) is 2.79. The second-order valence-electron chi connectivity index (χ2n) is 6.42. The van der Waals surface area contributed by atoms with Crippen molar-refractivity contribution in [1.29, 1.82) is 0 Å². The summed E-state index contributed by atoms with van der Waals surface area (Å²) in [5, 5.41) is 0. The average molecular weight is 268 g/mol. The Morgan fingerprint density at radius 2 is 2.15 bits per heavy atom. The number of hydrogen-bond donors (Lipinski definition) is 0. The molecule has 0 radical (unpaired) electrons. The molecule has 0 N–H and O–H groups in total. The van der Waals surface area contributed by atoms with Gasteiger partial charge in [-0.2, -0.15) is 0 Å². The Morgan fingerprint density at radius 3 is 2.90 bits per heavy atom. The van der Waals surface area contributed by atoms with Crippen molar-refractivity contribution in [2.45, 2.75) is 39.7 Å². The number of rotatable bonds is 3. The molecule has 0 bridgehead atoms. The van der Waals surface area contributed by atoms with Crippen molar-refractivity contribution >= 4 is 5.78 Å². The van der Waals surface area contributed by atoms with Gasteiger partial charge in [0, 0.05) is 42.8 Å². The SMILES string of the molecule is CC1(C)CC(=O)c2ccn(CCc3cccnc3)c2C1. The van der Waals surface area contributed by atoms with Crippen LogP contribution in [-0.2, 0) is 19.4 Å². The molecule has 0 aliphatic heterocycles. The minimum atomic E-state index is 0.0779. The van der Waals surface area contributed by atoms with Gasteiger partial charge in [-0.15, -0.1) is 0 Å². The standard InChI is InChI=1S/C17H20N2O/c1-17(2)10-15-14(16(20)11-17)6-9-19(15)8-5-13-4-3-7-18-12-13/h3-4,6-7,9,12H,5,8,10-11H2,1-2H3. The predicted octanol–water partition coefficient (Wildman–Crippen LogP) is 3.28. The lowest BCUT2D eigenvalue weighted by Crippen LogP contribution is -2.28. The quantitative estimate of drug-likeness (QED) is 0.856. The predicted molar refractivity (Wildman–Crippen MR) is 78.8 cm³/mol. The van der Waals surface area contributed by atoms with E-state index in [9.17, 15) is 4.79 Å². The fourth-order valence-corrected chi connectivity index (χ4v) is 3.01. The molecule has 0 saturated heterocycles. The Kier molecular flexibility index (Phi) is 3.20. The molecule has 104 valence electrons. The fraction of sp³-hybridized carbons (Fsp3) is 0.412. The van der Waals surface area contributed by atoms with Crippen molar-refractivity contribution in [2.75, 3.05) is 0 Å². The summed E-state index contributed by atoms with van der Waals surface area (Å²) >= 11 is 0. The molecule has 0 saturated carbocycles. The highest BCUT2D eigenvalue weighted by molar-refractivity contribution is 5.98. The molecule has 20 heavy (non-hydrogen) atoms. The maximum absolute atomic E-state index is 12.2. The van der Waals surface area contributed by atoms with E-state index in [0.29, 0.717) is 6.42 Å². The molecule has 3 heteroatoms. The topological polar surface area (TPSA) is 34.9 Å². The third-order valence-electron chi connectivity index (χ3n) is 4.03. The zero-order valence-electron chi connectivity index (χ0n) is 12.1. The molecular formula is C17H20N2O. The van der Waals surface area contributed by atoms with Gasteiger partial charge in [-0.05, 0) is 36.0 Å². The van der Waals surface area contributed by atoms with Crippen LogP contribution in [0.5, 0.6) is 0 Å². The first-order valence-corrected chi connectivity index (χ1v) is 7.15. The maximum Gasteiger partial charge on any atom is 0.165 e. The Labute approximate surface area is 119 Å². The summed E-state index contributed by atoms with van der Waals surface area (Å²) < 4.78 is 2.24. The smallest absolute Gasteiger partial charge is 0.165 e. The van der Waals surface area contributed by atoms with E-state index in [0.717, 1.165) is 24.9 Å². The summed E-state index contributed by atoms with van der Waals surface area (Å²) in [6, 6.07) is 6.04. The van der Waals surface area contributed by atoms with Gasteiger partial charge >= 0.3 is 0 Å². The third-order valence-corrected chi connectivity index (χ3v) is 4.03. The molecule has 1 aliphatic rings. The minimum Gasteiger partial charge on any atom is -0.350 e. The molecule has 2 heterocycles. The molecular weight excluding hydrogens is 248 g/mol. The van der Waals surface area contributed by atoms with Gasteiger partial charge in [0.2, 0.25) is 0 Å². The number of Topliss-reactive ketones (excluding diaryl/α,β-unsaturated/α-hetero) is 1. The van der Waals surface area contributed by atoms with E-state index in [1.807, 2.05) is 18.3 Å². The summed E-state index contributed by atoms with van der Waals surface area (Å²) in [6.45, 7) is 5.25. The van der Waals surface area contributed by atoms with Crippen LogP contribution in [0.15, 0.2) is 36.8 Å². The van der Waals surface area contributed by atoms with Crippen LogP contribution in [0.1, 0.15) is 41.9 Å². The lowest BCUT2D eigenvalue weighted by molar-refractivity contribution is 0.0910. The van der Waals surface area contributed by atoms with Crippen LogP contribution >= 0.6 is 0 Å². The first-order chi connectivity index (χ1) is 9.55. The first-order valence-electron chi connectivity index (χ1n) is 7.15. The van der Waals surface area contributed by atoms with Gasteiger partial charge in [-0.25, -0.2) is 0 Å². The number of hydrogen-bond acceptors (Lipinski definition) is 2. The van der Waals surface area contributed by atoms with E-state index in [1.165, 1.54) is 11.3 Å². The van der Waals surface area contributed by atoms with Gasteiger partial charge in [0.1, 0.15) is 0 Å². The number of aryl methyl sites for hydroxylation is 2. The van der Waals surface area contributed by atoms with Gasteiger partial charge in [0.15, 0.2) is 5.78 Å². The number of carbonyl (C=O) groups is 1. The van der Waals surface area contributed by atoms with Crippen molar-refractivity contribution in [3.63, 3.8) is 0 Å². The maximum atomic E-state index is 12.2. The zero-order valence-corrected chi connectivity index (χ0v) is 12.1. The summed E-state index contributed by atoms with van der Waals surface area (Å²) in [6.07, 6.45) is 8.35. The van der Waals surface area contributed by atoms with Gasteiger partial charge in [-0.1, -0.05) is 19.9 Å². The van der Waals surface area contributed by atoms with Crippen LogP contribution in [0, 0.1) is 5.41 Å². The number of carbonyl (C=O) groups excluding carboxylic acids is 1. The van der Waals surface area contributed by atoms with E-state index < -0.39 is 0 Å². The zero-order chi connectivity index (χ0) is 14.2. The summed E-state index contributed by atoms with van der Waals surface area (Å²) in [5.41, 5.74) is 3.44. The second kappa shape index (κ2) is 4.89. The molecule has 0 fully saturated rings. The highest BCUT2D eigenvalue weighted by Crippen LogP contribution is 2.35. The molecule has 0 aromatic carbocycles.